The molecule has 0 spiro atoms. The summed E-state index contributed by atoms with van der Waals surface area (Å²) in [6.07, 6.45) is -1.38. The topological polar surface area (TPSA) is 313 Å². The Morgan fingerprint density at radius 1 is 0.980 bits per heavy atom. The number of nitrogens with one attached hydrogen (secondary N) is 1. The zero-order chi connectivity index (χ0) is 34.4. The number of rotatable bonds is 12. The Morgan fingerprint density at radius 2 is 1.72 bits per heavy atom. The second kappa shape index (κ2) is 14.7. The number of aromatic nitrogens is 10. The van der Waals surface area contributed by atoms with Crippen LogP contribution in [0.1, 0.15) is 12.5 Å². The van der Waals surface area contributed by atoms with E-state index in [-0.39, 0.29) is 59.1 Å². The minimum absolute atomic E-state index is 0. The van der Waals surface area contributed by atoms with Gasteiger partial charge in [0.25, 0.3) is 5.56 Å². The second-order valence-corrected chi connectivity index (χ2v) is 12.7. The monoisotopic (exact) mass is 728 g/mol. The fraction of sp³-hybridized carbons (Fsp3) is 0.480. The van der Waals surface area contributed by atoms with Gasteiger partial charge in [0.2, 0.25) is 13.7 Å². The molecule has 7 rings (SSSR count). The van der Waals surface area contributed by atoms with Crippen LogP contribution in [0.5, 0.6) is 0 Å². The van der Waals surface area contributed by atoms with E-state index in [1.165, 1.54) is 43.1 Å². The van der Waals surface area contributed by atoms with E-state index in [0.717, 1.165) is 10.7 Å². The van der Waals surface area contributed by atoms with Crippen molar-refractivity contribution in [1.82, 2.24) is 48.4 Å². The summed E-state index contributed by atoms with van der Waals surface area (Å²) in [6.45, 7) is -1.16. The van der Waals surface area contributed by atoms with Crippen molar-refractivity contribution in [3.05, 3.63) is 48.1 Å². The van der Waals surface area contributed by atoms with E-state index in [1.54, 1.807) is 4.57 Å². The van der Waals surface area contributed by atoms with Gasteiger partial charge in [-0.2, -0.15) is 4.98 Å². The predicted octanol–water partition coefficient (Wildman–Crippen LogP) is -5.75. The molecule has 2 saturated heterocycles. The summed E-state index contributed by atoms with van der Waals surface area (Å²) in [5.74, 6) is -0.0256. The first-order valence-electron chi connectivity index (χ1n) is 14.6. The molecule has 2 aliphatic rings. The standard InChI is InChI=1S/C25H31N12O11P.Na/c1-43-18-17(45-10-44-4-11-15(38)16(39)23(47-11)37-9-32-14-21(37)33-25(27)34-22(14)40)12(5-46-49(41,42)35-3-2-28-7-35)48-24(18)36-8-31-13-19(26)29-6-30-20(13)36;/h2-3,6-9,11-12,15-18,23-24,38-39H,4-5,10H2,1H3,(H,41,42)(H2,26,29,30)(H3,27,33,34,40);/q;+1/p-1/t11-,12-,15-,16-,17-,18-,23-,24-;/m1./s1. The maximum absolute atomic E-state index is 12.8. The molecule has 5 aromatic heterocycles. The number of fused-ring (bicyclic) bond motifs is 2. The van der Waals surface area contributed by atoms with Crippen molar-refractivity contribution in [1.29, 1.82) is 0 Å². The molecule has 262 valence electrons. The average Bonchev–Trinajstić information content (AvgIpc) is 3.91. The number of anilines is 2. The van der Waals surface area contributed by atoms with E-state index < -0.39 is 75.8 Å². The van der Waals surface area contributed by atoms with E-state index in [4.69, 9.17) is 39.7 Å². The van der Waals surface area contributed by atoms with Crippen LogP contribution in [0.25, 0.3) is 22.3 Å². The van der Waals surface area contributed by atoms with Crippen molar-refractivity contribution in [2.75, 3.05) is 38.6 Å². The van der Waals surface area contributed by atoms with Crippen LogP contribution in [0, 0.1) is 0 Å². The summed E-state index contributed by atoms with van der Waals surface area (Å²) in [5.41, 5.74) is 11.7. The SMILES string of the molecule is CO[C@@H]1[C@H](OCOC[C@H]2O[C@@H](n3cnc4c(=O)[nH]c(N)nc43)[C@H](O)[C@@H]2O)[C@@H](COP(=O)([O-])n2ccnc2)O[C@H]1n1cnc2c(N)ncnc21.[Na+]. The molecule has 7 N–H and O–H groups in total. The Morgan fingerprint density at radius 3 is 2.46 bits per heavy atom. The van der Waals surface area contributed by atoms with Crippen LogP contribution < -0.4 is 51.5 Å². The second-order valence-electron chi connectivity index (χ2n) is 11.0. The van der Waals surface area contributed by atoms with Crippen molar-refractivity contribution in [3.63, 3.8) is 0 Å². The van der Waals surface area contributed by atoms with Gasteiger partial charge < -0.3 is 54.8 Å². The van der Waals surface area contributed by atoms with Crippen molar-refractivity contribution >= 4 is 41.8 Å². The fourth-order valence-electron chi connectivity index (χ4n) is 5.72. The molecule has 23 nitrogen and oxygen atoms in total. The number of ether oxygens (including phenoxy) is 5. The molecule has 2 fully saturated rings. The third-order valence-corrected chi connectivity index (χ3v) is 9.36. The predicted molar refractivity (Wildman–Crippen MR) is 160 cm³/mol. The van der Waals surface area contributed by atoms with Crippen LogP contribution in [0.2, 0.25) is 0 Å². The molecule has 0 bridgehead atoms. The summed E-state index contributed by atoms with van der Waals surface area (Å²) in [5, 5.41) is 21.5. The number of nitrogens with two attached hydrogens (primary N) is 2. The van der Waals surface area contributed by atoms with Gasteiger partial charge in [0, 0.05) is 19.5 Å². The molecule has 0 radical (unpaired) electrons. The molecule has 0 amide bonds. The van der Waals surface area contributed by atoms with Crippen LogP contribution in [-0.4, -0.2) is 122 Å². The number of nitrogens with zero attached hydrogens (tertiary/aromatic N) is 9. The zero-order valence-electron chi connectivity index (χ0n) is 26.4. The zero-order valence-corrected chi connectivity index (χ0v) is 29.3. The third-order valence-electron chi connectivity index (χ3n) is 8.08. The Bertz CT molecular complexity index is 2050. The van der Waals surface area contributed by atoms with Gasteiger partial charge in [0.15, 0.2) is 35.1 Å². The van der Waals surface area contributed by atoms with Crippen molar-refractivity contribution in [2.24, 2.45) is 0 Å². The maximum atomic E-state index is 12.8. The Kier molecular flexibility index (Phi) is 10.7. The van der Waals surface area contributed by atoms with Gasteiger partial charge >= 0.3 is 29.6 Å². The van der Waals surface area contributed by atoms with E-state index in [2.05, 4.69) is 34.9 Å². The average molecular weight is 729 g/mol. The number of methoxy groups -OCH3 is 1. The van der Waals surface area contributed by atoms with Gasteiger partial charge in [0.1, 0.15) is 61.6 Å². The molecule has 0 aliphatic carbocycles. The number of hydrogen-bond donors (Lipinski definition) is 5. The molecule has 2 aliphatic heterocycles. The maximum Gasteiger partial charge on any atom is 1.00 e. The first-order chi connectivity index (χ1) is 23.6. The molecule has 9 atom stereocenters. The van der Waals surface area contributed by atoms with Crippen LogP contribution in [0.15, 0.2) is 42.5 Å². The molecule has 7 heterocycles. The van der Waals surface area contributed by atoms with E-state index in [1.807, 2.05) is 0 Å². The molecule has 0 saturated carbocycles. The van der Waals surface area contributed by atoms with Gasteiger partial charge in [-0.15, -0.1) is 0 Å². The number of aromatic amines is 1. The minimum Gasteiger partial charge on any atom is -0.761 e. The van der Waals surface area contributed by atoms with Crippen LogP contribution in [-0.2, 0) is 32.8 Å². The van der Waals surface area contributed by atoms with Gasteiger partial charge in [-0.05, 0) is 0 Å². The van der Waals surface area contributed by atoms with Gasteiger partial charge in [0.05, 0.1) is 25.9 Å². The Hall–Kier alpha value is -3.42. The molecule has 25 heteroatoms. The van der Waals surface area contributed by atoms with E-state index in [9.17, 15) is 24.5 Å². The summed E-state index contributed by atoms with van der Waals surface area (Å²) in [7, 11) is -3.19. The van der Waals surface area contributed by atoms with Gasteiger partial charge in [-0.1, -0.05) is 0 Å². The smallest absolute Gasteiger partial charge is 0.761 e. The van der Waals surface area contributed by atoms with E-state index >= 15 is 0 Å². The first-order valence-corrected chi connectivity index (χ1v) is 16.1. The summed E-state index contributed by atoms with van der Waals surface area (Å²) in [6, 6.07) is 0. The van der Waals surface area contributed by atoms with Crippen molar-refractivity contribution in [2.45, 2.75) is 49.1 Å². The number of aliphatic hydroxyl groups excluding tert-OH is 2. The number of aliphatic hydroxyl groups is 2. The largest absolute Gasteiger partial charge is 1.00 e. The molecule has 0 aromatic carbocycles. The molecule has 50 heavy (non-hydrogen) atoms. The molecular formula is C25H30N12NaO11P. The van der Waals surface area contributed by atoms with Crippen LogP contribution >= 0.6 is 7.75 Å². The van der Waals surface area contributed by atoms with Gasteiger partial charge in [-0.3, -0.25) is 27.8 Å². The third kappa shape index (κ3) is 6.68. The number of nitrogen functional groups attached to an aromatic ring is 2. The first kappa shape index (κ1) is 36.4. The van der Waals surface area contributed by atoms with Gasteiger partial charge in [-0.25, -0.2) is 24.9 Å². The molecule has 5 aromatic rings. The fourth-order valence-corrected chi connectivity index (χ4v) is 6.60. The molecular weight excluding hydrogens is 698 g/mol. The Balaban J connectivity index is 0.00000432. The number of imidazole rings is 3. The van der Waals surface area contributed by atoms with Crippen molar-refractivity contribution < 1.29 is 77.4 Å². The van der Waals surface area contributed by atoms with Crippen molar-refractivity contribution in [3.8, 4) is 0 Å². The summed E-state index contributed by atoms with van der Waals surface area (Å²) < 4.78 is 51.2. The van der Waals surface area contributed by atoms with Crippen LogP contribution in [0.4, 0.5) is 11.8 Å². The minimum atomic E-state index is -4.60. The number of hydrogen-bond acceptors (Lipinski definition) is 19. The Labute approximate surface area is 302 Å². The van der Waals surface area contributed by atoms with Crippen LogP contribution in [0.3, 0.4) is 0 Å². The molecule has 1 unspecified atom stereocenters. The normalized spacial score (nSPS) is 27.9. The quantitative estimate of drug-likeness (QED) is 0.0346. The number of H-pyrrole nitrogens is 1. The summed E-state index contributed by atoms with van der Waals surface area (Å²) >= 11 is 0. The van der Waals surface area contributed by atoms with E-state index in [0.29, 0.717) is 11.2 Å². The summed E-state index contributed by atoms with van der Waals surface area (Å²) in [4.78, 5) is 51.5.